The molecule has 4 N–H and O–H groups in total. The van der Waals surface area contributed by atoms with Gasteiger partial charge in [0.1, 0.15) is 5.69 Å². The summed E-state index contributed by atoms with van der Waals surface area (Å²) in [5.41, 5.74) is 7.56. The zero-order valence-electron chi connectivity index (χ0n) is 15.5. The van der Waals surface area contributed by atoms with Gasteiger partial charge < -0.3 is 16.4 Å². The van der Waals surface area contributed by atoms with Crippen LogP contribution >= 0.6 is 0 Å². The zero-order chi connectivity index (χ0) is 21.0. The van der Waals surface area contributed by atoms with Crippen molar-refractivity contribution in [1.82, 2.24) is 0 Å². The number of nitrogens with two attached hydrogens (primary N) is 1. The van der Waals surface area contributed by atoms with E-state index in [0.29, 0.717) is 16.9 Å². The van der Waals surface area contributed by atoms with Crippen molar-refractivity contribution >= 4 is 34.6 Å². The Hall–Kier alpha value is -4.20. The summed E-state index contributed by atoms with van der Waals surface area (Å²) in [5.74, 6) is -0.802. The zero-order valence-corrected chi connectivity index (χ0v) is 15.5. The van der Waals surface area contributed by atoms with E-state index in [0.717, 1.165) is 11.6 Å². The van der Waals surface area contributed by atoms with Crippen molar-refractivity contribution in [2.45, 2.75) is 6.92 Å². The standard InChI is InChI=1S/C21H18N4O4/c1-13-7-9-16(23-20(26)14-5-3-2-4-6-14)12-18(13)24-21(27)15-8-10-17(22)19(11-15)25(28)29/h2-12H,22H2,1H3,(H,23,26)(H,24,27). The van der Waals surface area contributed by atoms with E-state index in [2.05, 4.69) is 10.6 Å². The van der Waals surface area contributed by atoms with Gasteiger partial charge in [-0.3, -0.25) is 19.7 Å². The van der Waals surface area contributed by atoms with Crippen molar-refractivity contribution < 1.29 is 14.5 Å². The molecule has 0 aliphatic heterocycles. The smallest absolute Gasteiger partial charge is 0.292 e. The molecule has 0 bridgehead atoms. The number of nitro groups is 1. The predicted octanol–water partition coefficient (Wildman–Crippen LogP) is 3.99. The van der Waals surface area contributed by atoms with Crippen molar-refractivity contribution in [3.63, 3.8) is 0 Å². The molecule has 0 aliphatic rings. The fraction of sp³-hybridized carbons (Fsp3) is 0.0476. The van der Waals surface area contributed by atoms with Crippen molar-refractivity contribution in [3.05, 3.63) is 93.5 Å². The summed E-state index contributed by atoms with van der Waals surface area (Å²) in [6.07, 6.45) is 0. The molecule has 0 aliphatic carbocycles. The maximum atomic E-state index is 12.5. The van der Waals surface area contributed by atoms with Gasteiger partial charge in [-0.1, -0.05) is 24.3 Å². The Morgan fingerprint density at radius 3 is 2.28 bits per heavy atom. The lowest BCUT2D eigenvalue weighted by Crippen LogP contribution is -2.15. The van der Waals surface area contributed by atoms with Crippen LogP contribution in [0.1, 0.15) is 26.3 Å². The molecule has 0 saturated heterocycles. The highest BCUT2D eigenvalue weighted by Crippen LogP contribution is 2.25. The summed E-state index contributed by atoms with van der Waals surface area (Å²) in [5, 5.41) is 16.5. The molecule has 0 aromatic heterocycles. The van der Waals surface area contributed by atoms with Crippen LogP contribution in [0, 0.1) is 17.0 Å². The van der Waals surface area contributed by atoms with Gasteiger partial charge in [0.25, 0.3) is 17.5 Å². The molecule has 8 nitrogen and oxygen atoms in total. The van der Waals surface area contributed by atoms with E-state index in [1.807, 2.05) is 6.07 Å². The maximum absolute atomic E-state index is 12.5. The van der Waals surface area contributed by atoms with Gasteiger partial charge in [0.2, 0.25) is 0 Å². The van der Waals surface area contributed by atoms with E-state index in [1.165, 1.54) is 12.1 Å². The van der Waals surface area contributed by atoms with Gasteiger partial charge in [-0.15, -0.1) is 0 Å². The molecule has 3 rings (SSSR count). The summed E-state index contributed by atoms with van der Waals surface area (Å²) >= 11 is 0. The Balaban J connectivity index is 1.80. The third kappa shape index (κ3) is 4.56. The van der Waals surface area contributed by atoms with Crippen LogP contribution < -0.4 is 16.4 Å². The third-order valence-electron chi connectivity index (χ3n) is 4.27. The first-order chi connectivity index (χ1) is 13.8. The average Bonchev–Trinajstić information content (AvgIpc) is 2.71. The van der Waals surface area contributed by atoms with Crippen LogP contribution in [0.25, 0.3) is 0 Å². The Bertz CT molecular complexity index is 1100. The number of amides is 2. The molecular formula is C21H18N4O4. The second kappa shape index (κ2) is 8.22. The summed E-state index contributed by atoms with van der Waals surface area (Å²) in [4.78, 5) is 35.2. The Morgan fingerprint density at radius 1 is 0.897 bits per heavy atom. The number of hydrogen-bond acceptors (Lipinski definition) is 5. The SMILES string of the molecule is Cc1ccc(NC(=O)c2ccccc2)cc1NC(=O)c1ccc(N)c([N+](=O)[O-])c1. The Labute approximate surface area is 166 Å². The number of nitrogens with zero attached hydrogens (tertiary/aromatic N) is 1. The van der Waals surface area contributed by atoms with E-state index < -0.39 is 10.8 Å². The molecule has 3 aromatic rings. The molecule has 0 saturated carbocycles. The van der Waals surface area contributed by atoms with E-state index in [-0.39, 0.29) is 22.8 Å². The highest BCUT2D eigenvalue weighted by Gasteiger charge is 2.16. The van der Waals surface area contributed by atoms with E-state index in [4.69, 9.17) is 5.73 Å². The first-order valence-corrected chi connectivity index (χ1v) is 8.67. The van der Waals surface area contributed by atoms with Gasteiger partial charge in [-0.05, 0) is 48.9 Å². The molecule has 0 heterocycles. The van der Waals surface area contributed by atoms with Gasteiger partial charge in [0.05, 0.1) is 4.92 Å². The van der Waals surface area contributed by atoms with Crippen LogP contribution in [0.3, 0.4) is 0 Å². The lowest BCUT2D eigenvalue weighted by molar-refractivity contribution is -0.383. The number of benzene rings is 3. The van der Waals surface area contributed by atoms with Crippen LogP contribution in [0.15, 0.2) is 66.7 Å². The first-order valence-electron chi connectivity index (χ1n) is 8.67. The summed E-state index contributed by atoms with van der Waals surface area (Å²) < 4.78 is 0. The lowest BCUT2D eigenvalue weighted by Gasteiger charge is -2.12. The molecule has 29 heavy (non-hydrogen) atoms. The molecule has 0 fully saturated rings. The van der Waals surface area contributed by atoms with Crippen LogP contribution in [-0.4, -0.2) is 16.7 Å². The topological polar surface area (TPSA) is 127 Å². The lowest BCUT2D eigenvalue weighted by atomic mass is 10.1. The summed E-state index contributed by atoms with van der Waals surface area (Å²) in [6.45, 7) is 1.80. The minimum atomic E-state index is -0.642. The summed E-state index contributed by atoms with van der Waals surface area (Å²) in [6, 6.07) is 17.7. The maximum Gasteiger partial charge on any atom is 0.292 e. The number of nitrogen functional groups attached to an aromatic ring is 1. The molecule has 8 heteroatoms. The van der Waals surface area contributed by atoms with Gasteiger partial charge >= 0.3 is 0 Å². The molecular weight excluding hydrogens is 372 g/mol. The van der Waals surface area contributed by atoms with Crippen LogP contribution in [0.4, 0.5) is 22.7 Å². The number of nitrogens with one attached hydrogen (secondary N) is 2. The fourth-order valence-electron chi connectivity index (χ4n) is 2.66. The van der Waals surface area contributed by atoms with E-state index >= 15 is 0 Å². The van der Waals surface area contributed by atoms with Gasteiger partial charge in [0.15, 0.2) is 0 Å². The van der Waals surface area contributed by atoms with Crippen molar-refractivity contribution in [1.29, 1.82) is 0 Å². The number of nitro benzene ring substituents is 1. The molecule has 2 amide bonds. The highest BCUT2D eigenvalue weighted by atomic mass is 16.6. The molecule has 146 valence electrons. The number of carbonyl (C=O) groups excluding carboxylic acids is 2. The minimum absolute atomic E-state index is 0.0200. The van der Waals surface area contributed by atoms with Crippen molar-refractivity contribution in [3.8, 4) is 0 Å². The van der Waals surface area contributed by atoms with Gasteiger partial charge in [-0.2, -0.15) is 0 Å². The molecule has 0 spiro atoms. The van der Waals surface area contributed by atoms with Gasteiger partial charge in [0, 0.05) is 28.6 Å². The fourth-order valence-corrected chi connectivity index (χ4v) is 2.66. The third-order valence-corrected chi connectivity index (χ3v) is 4.27. The summed E-state index contributed by atoms with van der Waals surface area (Å²) in [7, 11) is 0. The molecule has 0 radical (unpaired) electrons. The molecule has 3 aromatic carbocycles. The first kappa shape index (κ1) is 19.6. The quantitative estimate of drug-likeness (QED) is 0.345. The second-order valence-electron chi connectivity index (χ2n) is 6.33. The van der Waals surface area contributed by atoms with Crippen molar-refractivity contribution in [2.75, 3.05) is 16.4 Å². The van der Waals surface area contributed by atoms with Crippen LogP contribution in [0.5, 0.6) is 0 Å². The predicted molar refractivity (Wildman–Crippen MR) is 111 cm³/mol. The van der Waals surface area contributed by atoms with Crippen molar-refractivity contribution in [2.24, 2.45) is 0 Å². The van der Waals surface area contributed by atoms with Crippen LogP contribution in [0.2, 0.25) is 0 Å². The van der Waals surface area contributed by atoms with Crippen LogP contribution in [-0.2, 0) is 0 Å². The second-order valence-corrected chi connectivity index (χ2v) is 6.33. The monoisotopic (exact) mass is 390 g/mol. The highest BCUT2D eigenvalue weighted by molar-refractivity contribution is 6.07. The molecule has 0 atom stereocenters. The Morgan fingerprint density at radius 2 is 1.59 bits per heavy atom. The minimum Gasteiger partial charge on any atom is -0.393 e. The number of anilines is 3. The average molecular weight is 390 g/mol. The number of rotatable bonds is 5. The number of hydrogen-bond donors (Lipinski definition) is 3. The number of carbonyl (C=O) groups is 2. The van der Waals surface area contributed by atoms with E-state index in [1.54, 1.807) is 49.4 Å². The normalized spacial score (nSPS) is 10.2. The molecule has 0 unspecified atom stereocenters. The van der Waals surface area contributed by atoms with E-state index in [9.17, 15) is 19.7 Å². The van der Waals surface area contributed by atoms with Gasteiger partial charge in [-0.25, -0.2) is 0 Å². The Kier molecular flexibility index (Phi) is 5.54. The number of aryl methyl sites for hydroxylation is 1. The largest absolute Gasteiger partial charge is 0.393 e.